The lowest BCUT2D eigenvalue weighted by molar-refractivity contribution is -0.135. The van der Waals surface area contributed by atoms with E-state index in [1.807, 2.05) is 25.6 Å². The largest absolute Gasteiger partial charge is 0.379 e. The van der Waals surface area contributed by atoms with E-state index in [0.29, 0.717) is 13.2 Å². The number of ether oxygens (including phenoxy) is 1. The molecule has 0 spiro atoms. The molecule has 1 aromatic carbocycles. The van der Waals surface area contributed by atoms with Gasteiger partial charge in [-0.15, -0.1) is 11.8 Å². The maximum absolute atomic E-state index is 12.8. The standard InChI is InChI=1S/C17H24N2O2S/c1-17(2,19-8-10-21-11-9-19)16(20)18-14-7-12-22-15-6-4-3-5-13(14)15/h3-6,14H,7-12H2,1-2H3,(H,18,20)/t14-/m1/s1. The number of thioether (sulfide) groups is 1. The number of morpholine rings is 1. The third-order valence-corrected chi connectivity index (χ3v) is 5.74. The Balaban J connectivity index is 1.71. The molecule has 4 nitrogen and oxygen atoms in total. The number of carbonyl (C=O) groups is 1. The summed E-state index contributed by atoms with van der Waals surface area (Å²) in [5.74, 6) is 1.17. The van der Waals surface area contributed by atoms with Crippen LogP contribution in [0.2, 0.25) is 0 Å². The van der Waals surface area contributed by atoms with Crippen LogP contribution in [0.1, 0.15) is 31.9 Å². The van der Waals surface area contributed by atoms with Crippen LogP contribution in [0.3, 0.4) is 0 Å². The zero-order chi connectivity index (χ0) is 15.6. The smallest absolute Gasteiger partial charge is 0.240 e. The van der Waals surface area contributed by atoms with Crippen LogP contribution in [0.4, 0.5) is 0 Å². The zero-order valence-corrected chi connectivity index (χ0v) is 14.1. The lowest BCUT2D eigenvalue weighted by atomic mass is 9.98. The molecule has 0 aromatic heterocycles. The molecule has 0 unspecified atom stereocenters. The van der Waals surface area contributed by atoms with Crippen molar-refractivity contribution in [2.45, 2.75) is 36.7 Å². The van der Waals surface area contributed by atoms with Crippen molar-refractivity contribution < 1.29 is 9.53 Å². The molecule has 1 fully saturated rings. The van der Waals surface area contributed by atoms with Gasteiger partial charge in [-0.3, -0.25) is 9.69 Å². The van der Waals surface area contributed by atoms with E-state index in [4.69, 9.17) is 4.74 Å². The highest BCUT2D eigenvalue weighted by Gasteiger charge is 2.37. The van der Waals surface area contributed by atoms with Crippen LogP contribution in [0.25, 0.3) is 0 Å². The summed E-state index contributed by atoms with van der Waals surface area (Å²) in [5, 5.41) is 3.28. The second-order valence-electron chi connectivity index (χ2n) is 6.36. The number of carbonyl (C=O) groups excluding carboxylic acids is 1. The number of hydrogen-bond donors (Lipinski definition) is 1. The molecule has 22 heavy (non-hydrogen) atoms. The highest BCUT2D eigenvalue weighted by molar-refractivity contribution is 7.99. The SMILES string of the molecule is CC(C)(C(=O)N[C@@H]1CCSc2ccccc21)N1CCOCC1. The van der Waals surface area contributed by atoms with Gasteiger partial charge in [-0.1, -0.05) is 18.2 Å². The molecule has 2 aliphatic rings. The molecule has 2 aliphatic heterocycles. The molecule has 1 aromatic rings. The Hall–Kier alpha value is -1.04. The third kappa shape index (κ3) is 3.16. The Bertz CT molecular complexity index is 541. The second-order valence-corrected chi connectivity index (χ2v) is 7.50. The predicted molar refractivity (Wildman–Crippen MR) is 89.1 cm³/mol. The normalized spacial score (nSPS) is 22.9. The van der Waals surface area contributed by atoms with Crippen molar-refractivity contribution in [3.8, 4) is 0 Å². The highest BCUT2D eigenvalue weighted by Crippen LogP contribution is 2.36. The first kappa shape index (κ1) is 15.8. The maximum Gasteiger partial charge on any atom is 0.240 e. The second kappa shape index (κ2) is 6.60. The number of amides is 1. The first-order valence-corrected chi connectivity index (χ1v) is 8.93. The van der Waals surface area contributed by atoms with E-state index in [9.17, 15) is 4.79 Å². The summed E-state index contributed by atoms with van der Waals surface area (Å²) in [6.07, 6.45) is 0.993. The zero-order valence-electron chi connectivity index (χ0n) is 13.3. The lowest BCUT2D eigenvalue weighted by Gasteiger charge is -2.40. The van der Waals surface area contributed by atoms with Crippen LogP contribution in [0, 0.1) is 0 Å². The molecule has 1 atom stereocenters. The topological polar surface area (TPSA) is 41.6 Å². The van der Waals surface area contributed by atoms with E-state index in [1.54, 1.807) is 0 Å². The first-order valence-electron chi connectivity index (χ1n) is 7.94. The average molecular weight is 320 g/mol. The average Bonchev–Trinajstić information content (AvgIpc) is 2.56. The van der Waals surface area contributed by atoms with E-state index in [0.717, 1.165) is 25.3 Å². The Morgan fingerprint density at radius 3 is 2.82 bits per heavy atom. The van der Waals surface area contributed by atoms with Gasteiger partial charge in [0, 0.05) is 23.7 Å². The van der Waals surface area contributed by atoms with E-state index >= 15 is 0 Å². The molecular formula is C17H24N2O2S. The molecule has 1 amide bonds. The molecule has 1 saturated heterocycles. The van der Waals surface area contributed by atoms with Gasteiger partial charge in [-0.2, -0.15) is 0 Å². The van der Waals surface area contributed by atoms with Crippen molar-refractivity contribution in [2.24, 2.45) is 0 Å². The molecule has 1 N–H and O–H groups in total. The van der Waals surface area contributed by atoms with Crippen molar-refractivity contribution in [1.82, 2.24) is 10.2 Å². The van der Waals surface area contributed by atoms with Crippen molar-refractivity contribution in [3.63, 3.8) is 0 Å². The van der Waals surface area contributed by atoms with Crippen LogP contribution < -0.4 is 5.32 Å². The van der Waals surface area contributed by atoms with Crippen molar-refractivity contribution in [3.05, 3.63) is 29.8 Å². The molecule has 3 rings (SSSR count). The minimum atomic E-state index is -0.497. The third-order valence-electron chi connectivity index (χ3n) is 4.62. The summed E-state index contributed by atoms with van der Waals surface area (Å²) in [6, 6.07) is 8.52. The van der Waals surface area contributed by atoms with Gasteiger partial charge in [0.25, 0.3) is 0 Å². The van der Waals surface area contributed by atoms with Gasteiger partial charge >= 0.3 is 0 Å². The van der Waals surface area contributed by atoms with E-state index in [-0.39, 0.29) is 11.9 Å². The molecule has 0 bridgehead atoms. The molecule has 5 heteroatoms. The summed E-state index contributed by atoms with van der Waals surface area (Å²) >= 11 is 1.88. The summed E-state index contributed by atoms with van der Waals surface area (Å²) in [5.41, 5.74) is 0.758. The first-order chi connectivity index (χ1) is 10.6. The van der Waals surface area contributed by atoms with Gasteiger partial charge in [0.1, 0.15) is 0 Å². The fourth-order valence-corrected chi connectivity index (χ4v) is 4.22. The Labute approximate surface area is 136 Å². The van der Waals surface area contributed by atoms with Gasteiger partial charge in [-0.05, 0) is 31.9 Å². The van der Waals surface area contributed by atoms with Crippen molar-refractivity contribution in [1.29, 1.82) is 0 Å². The van der Waals surface area contributed by atoms with Crippen molar-refractivity contribution in [2.75, 3.05) is 32.1 Å². The van der Waals surface area contributed by atoms with Crippen LogP contribution >= 0.6 is 11.8 Å². The van der Waals surface area contributed by atoms with Gasteiger partial charge in [0.05, 0.1) is 24.8 Å². The van der Waals surface area contributed by atoms with E-state index < -0.39 is 5.54 Å². The Morgan fingerprint density at radius 1 is 1.32 bits per heavy atom. The fraction of sp³-hybridized carbons (Fsp3) is 0.588. The monoisotopic (exact) mass is 320 g/mol. The Morgan fingerprint density at radius 2 is 2.05 bits per heavy atom. The van der Waals surface area contributed by atoms with Crippen LogP contribution in [0.5, 0.6) is 0 Å². The van der Waals surface area contributed by atoms with Crippen LogP contribution in [-0.2, 0) is 9.53 Å². The number of nitrogens with zero attached hydrogens (tertiary/aromatic N) is 1. The number of benzene rings is 1. The number of fused-ring (bicyclic) bond motifs is 1. The highest BCUT2D eigenvalue weighted by atomic mass is 32.2. The quantitative estimate of drug-likeness (QED) is 0.929. The predicted octanol–water partition coefficient (Wildman–Crippen LogP) is 2.45. The van der Waals surface area contributed by atoms with E-state index in [2.05, 4.69) is 34.5 Å². The molecule has 0 saturated carbocycles. The molecule has 0 radical (unpaired) electrons. The number of rotatable bonds is 3. The number of nitrogens with one attached hydrogen (secondary N) is 1. The number of hydrogen-bond acceptors (Lipinski definition) is 4. The van der Waals surface area contributed by atoms with E-state index in [1.165, 1.54) is 10.5 Å². The Kier molecular flexibility index (Phi) is 4.76. The summed E-state index contributed by atoms with van der Waals surface area (Å²) in [4.78, 5) is 16.4. The minimum Gasteiger partial charge on any atom is -0.379 e. The van der Waals surface area contributed by atoms with Crippen molar-refractivity contribution >= 4 is 17.7 Å². The van der Waals surface area contributed by atoms with Gasteiger partial charge in [0.15, 0.2) is 0 Å². The maximum atomic E-state index is 12.8. The molecular weight excluding hydrogens is 296 g/mol. The van der Waals surface area contributed by atoms with Gasteiger partial charge < -0.3 is 10.1 Å². The summed E-state index contributed by atoms with van der Waals surface area (Å²) in [6.45, 7) is 7.07. The molecule has 0 aliphatic carbocycles. The molecule has 120 valence electrons. The lowest BCUT2D eigenvalue weighted by Crippen LogP contribution is -2.58. The van der Waals surface area contributed by atoms with Gasteiger partial charge in [0.2, 0.25) is 5.91 Å². The molecule has 2 heterocycles. The van der Waals surface area contributed by atoms with Gasteiger partial charge in [-0.25, -0.2) is 0 Å². The van der Waals surface area contributed by atoms with Crippen LogP contribution in [0.15, 0.2) is 29.2 Å². The summed E-state index contributed by atoms with van der Waals surface area (Å²) in [7, 11) is 0. The minimum absolute atomic E-state index is 0.112. The van der Waals surface area contributed by atoms with Crippen LogP contribution in [-0.4, -0.2) is 48.4 Å². The fourth-order valence-electron chi connectivity index (χ4n) is 3.09. The summed E-state index contributed by atoms with van der Waals surface area (Å²) < 4.78 is 5.39.